The van der Waals surface area contributed by atoms with Crippen LogP contribution in [0, 0.1) is 0 Å². The number of carbonyl (C=O) groups excluding carboxylic acids is 2. The van der Waals surface area contributed by atoms with Gasteiger partial charge in [0.25, 0.3) is 0 Å². The Morgan fingerprint density at radius 1 is 0.875 bits per heavy atom. The second-order valence-electron chi connectivity index (χ2n) is 10.9. The highest BCUT2D eigenvalue weighted by Crippen LogP contribution is 2.22. The van der Waals surface area contributed by atoms with Crippen molar-refractivity contribution in [2.24, 2.45) is 0 Å². The Morgan fingerprint density at radius 3 is 2.42 bits per heavy atom. The van der Waals surface area contributed by atoms with Crippen LogP contribution in [0.4, 0.5) is 0 Å². The standard InChI is InChI=1S/C34H40N4O2/c1-26-12-9-11-23-37(26)34(40)25-38-31-16-8-7-15-30(31)36-32(38)17-6-3-10-22-35-33(39)24-27-18-20-29(21-19-27)28-13-4-2-5-14-28/h2,4-5,7-8,13-16,18-21,26H,3,6,9-12,17,22-25H2,1H3,(H,35,39). The number of aromatic nitrogens is 2. The molecule has 1 N–H and O–H groups in total. The van der Waals surface area contributed by atoms with Crippen molar-refractivity contribution in [3.63, 3.8) is 0 Å². The molecule has 1 unspecified atom stereocenters. The maximum absolute atomic E-state index is 13.2. The number of hydrogen-bond acceptors (Lipinski definition) is 3. The molecule has 2 amide bonds. The number of imidazole rings is 1. The van der Waals surface area contributed by atoms with Crippen molar-refractivity contribution in [3.05, 3.63) is 90.3 Å². The van der Waals surface area contributed by atoms with E-state index >= 15 is 0 Å². The minimum Gasteiger partial charge on any atom is -0.356 e. The van der Waals surface area contributed by atoms with E-state index in [1.54, 1.807) is 0 Å². The number of piperidine rings is 1. The number of nitrogens with zero attached hydrogens (tertiary/aromatic N) is 3. The second kappa shape index (κ2) is 13.4. The molecule has 1 atom stereocenters. The molecule has 2 heterocycles. The number of fused-ring (bicyclic) bond motifs is 1. The molecule has 208 valence electrons. The first-order valence-electron chi connectivity index (χ1n) is 14.7. The van der Waals surface area contributed by atoms with Gasteiger partial charge in [-0.05, 0) is 67.9 Å². The van der Waals surface area contributed by atoms with Gasteiger partial charge >= 0.3 is 0 Å². The normalized spacial score (nSPS) is 15.3. The van der Waals surface area contributed by atoms with Gasteiger partial charge in [0.15, 0.2) is 0 Å². The molecular weight excluding hydrogens is 496 g/mol. The van der Waals surface area contributed by atoms with Crippen LogP contribution in [0.15, 0.2) is 78.9 Å². The van der Waals surface area contributed by atoms with Crippen molar-refractivity contribution in [1.82, 2.24) is 19.8 Å². The highest BCUT2D eigenvalue weighted by Gasteiger charge is 2.24. The Morgan fingerprint density at radius 2 is 1.62 bits per heavy atom. The highest BCUT2D eigenvalue weighted by atomic mass is 16.2. The number of aryl methyl sites for hydroxylation is 1. The van der Waals surface area contributed by atoms with E-state index in [1.807, 2.05) is 53.4 Å². The SMILES string of the molecule is CC1CCCCN1C(=O)Cn1c(CCCCCNC(=O)Cc2ccc(-c3ccccc3)cc2)nc2ccccc21. The van der Waals surface area contributed by atoms with Crippen molar-refractivity contribution < 1.29 is 9.59 Å². The van der Waals surface area contributed by atoms with Gasteiger partial charge in [0.05, 0.1) is 17.5 Å². The predicted octanol–water partition coefficient (Wildman–Crippen LogP) is 6.18. The number of benzene rings is 3. The fourth-order valence-corrected chi connectivity index (χ4v) is 5.69. The largest absolute Gasteiger partial charge is 0.356 e. The number of carbonyl (C=O) groups is 2. The summed E-state index contributed by atoms with van der Waals surface area (Å²) in [5.74, 6) is 1.22. The fourth-order valence-electron chi connectivity index (χ4n) is 5.69. The van der Waals surface area contributed by atoms with Crippen LogP contribution < -0.4 is 5.32 Å². The lowest BCUT2D eigenvalue weighted by molar-refractivity contribution is -0.135. The molecule has 0 aliphatic carbocycles. The van der Waals surface area contributed by atoms with Crippen LogP contribution in [-0.4, -0.2) is 45.4 Å². The zero-order chi connectivity index (χ0) is 27.7. The molecule has 1 aliphatic heterocycles. The first-order chi connectivity index (χ1) is 19.6. The van der Waals surface area contributed by atoms with Gasteiger partial charge in [0.2, 0.25) is 11.8 Å². The summed E-state index contributed by atoms with van der Waals surface area (Å²) in [6, 6.07) is 26.9. The molecule has 6 heteroatoms. The zero-order valence-corrected chi connectivity index (χ0v) is 23.5. The summed E-state index contributed by atoms with van der Waals surface area (Å²) in [6.45, 7) is 4.03. The van der Waals surface area contributed by atoms with Crippen LogP contribution in [0.25, 0.3) is 22.2 Å². The van der Waals surface area contributed by atoms with Crippen molar-refractivity contribution in [2.45, 2.75) is 70.9 Å². The highest BCUT2D eigenvalue weighted by molar-refractivity contribution is 5.81. The minimum absolute atomic E-state index is 0.0553. The van der Waals surface area contributed by atoms with E-state index in [9.17, 15) is 9.59 Å². The Bertz CT molecular complexity index is 1410. The predicted molar refractivity (Wildman–Crippen MR) is 161 cm³/mol. The van der Waals surface area contributed by atoms with Gasteiger partial charge in [-0.15, -0.1) is 0 Å². The van der Waals surface area contributed by atoms with E-state index < -0.39 is 0 Å². The maximum Gasteiger partial charge on any atom is 0.242 e. The monoisotopic (exact) mass is 536 g/mol. The van der Waals surface area contributed by atoms with Crippen LogP contribution >= 0.6 is 0 Å². The van der Waals surface area contributed by atoms with Gasteiger partial charge in [0, 0.05) is 25.6 Å². The summed E-state index contributed by atoms with van der Waals surface area (Å²) < 4.78 is 2.11. The van der Waals surface area contributed by atoms with Crippen LogP contribution in [0.5, 0.6) is 0 Å². The molecule has 3 aromatic carbocycles. The molecule has 1 fully saturated rings. The van der Waals surface area contributed by atoms with E-state index in [2.05, 4.69) is 47.1 Å². The summed E-state index contributed by atoms with van der Waals surface area (Å²) in [7, 11) is 0. The van der Waals surface area contributed by atoms with Crippen LogP contribution in [0.3, 0.4) is 0 Å². The molecule has 6 nitrogen and oxygen atoms in total. The molecule has 5 rings (SSSR count). The van der Waals surface area contributed by atoms with Crippen molar-refractivity contribution in [1.29, 1.82) is 0 Å². The molecule has 0 spiro atoms. The average molecular weight is 537 g/mol. The molecule has 1 aromatic heterocycles. The van der Waals surface area contributed by atoms with E-state index in [0.717, 1.165) is 73.1 Å². The van der Waals surface area contributed by atoms with Gasteiger partial charge in [-0.1, -0.05) is 73.2 Å². The van der Waals surface area contributed by atoms with Gasteiger partial charge in [-0.25, -0.2) is 4.98 Å². The Hall–Kier alpha value is -3.93. The summed E-state index contributed by atoms with van der Waals surface area (Å²) in [6.07, 6.45) is 7.46. The summed E-state index contributed by atoms with van der Waals surface area (Å²) in [5.41, 5.74) is 5.33. The third-order valence-electron chi connectivity index (χ3n) is 7.98. The van der Waals surface area contributed by atoms with E-state index in [4.69, 9.17) is 4.98 Å². The van der Waals surface area contributed by atoms with Gasteiger partial charge in [-0.3, -0.25) is 9.59 Å². The number of hydrogen-bond donors (Lipinski definition) is 1. The lowest BCUT2D eigenvalue weighted by atomic mass is 10.0. The van der Waals surface area contributed by atoms with Crippen molar-refractivity contribution in [3.8, 4) is 11.1 Å². The average Bonchev–Trinajstić information content (AvgIpc) is 3.32. The third kappa shape index (κ3) is 6.98. The number of rotatable bonds is 11. The van der Waals surface area contributed by atoms with Gasteiger partial charge < -0.3 is 14.8 Å². The van der Waals surface area contributed by atoms with Gasteiger partial charge in [-0.2, -0.15) is 0 Å². The zero-order valence-electron chi connectivity index (χ0n) is 23.5. The summed E-state index contributed by atoms with van der Waals surface area (Å²) >= 11 is 0. The third-order valence-corrected chi connectivity index (χ3v) is 7.98. The second-order valence-corrected chi connectivity index (χ2v) is 10.9. The molecular formula is C34H40N4O2. The number of para-hydroxylation sites is 2. The number of nitrogens with one attached hydrogen (secondary N) is 1. The Kier molecular flexibility index (Phi) is 9.27. The summed E-state index contributed by atoms with van der Waals surface area (Å²) in [4.78, 5) is 32.6. The van der Waals surface area contributed by atoms with Crippen LogP contribution in [0.1, 0.15) is 56.8 Å². The maximum atomic E-state index is 13.2. The van der Waals surface area contributed by atoms with Crippen LogP contribution in [0.2, 0.25) is 0 Å². The van der Waals surface area contributed by atoms with E-state index in [0.29, 0.717) is 25.6 Å². The Labute approximate surface area is 237 Å². The van der Waals surface area contributed by atoms with E-state index in [-0.39, 0.29) is 11.8 Å². The molecule has 1 saturated heterocycles. The summed E-state index contributed by atoms with van der Waals surface area (Å²) in [5, 5.41) is 3.07. The number of likely N-dealkylation sites (tertiary alicyclic amines) is 1. The number of amides is 2. The Balaban J connectivity index is 1.07. The first kappa shape index (κ1) is 27.6. The van der Waals surface area contributed by atoms with Gasteiger partial charge in [0.1, 0.15) is 12.4 Å². The topological polar surface area (TPSA) is 67.2 Å². The van der Waals surface area contributed by atoms with Crippen LogP contribution in [-0.2, 0) is 29.0 Å². The lowest BCUT2D eigenvalue weighted by Crippen LogP contribution is -2.43. The molecule has 0 bridgehead atoms. The van der Waals surface area contributed by atoms with Crippen molar-refractivity contribution in [2.75, 3.05) is 13.1 Å². The number of unbranched alkanes of at least 4 members (excludes halogenated alkanes) is 2. The molecule has 40 heavy (non-hydrogen) atoms. The van der Waals surface area contributed by atoms with E-state index in [1.165, 1.54) is 12.0 Å². The fraction of sp³-hybridized carbons (Fsp3) is 0.382. The smallest absolute Gasteiger partial charge is 0.242 e. The first-order valence-corrected chi connectivity index (χ1v) is 14.7. The van der Waals surface area contributed by atoms with Crippen molar-refractivity contribution >= 4 is 22.8 Å². The molecule has 1 aliphatic rings. The molecule has 0 radical (unpaired) electrons. The lowest BCUT2D eigenvalue weighted by Gasteiger charge is -2.33. The molecule has 4 aromatic rings. The minimum atomic E-state index is 0.0553. The molecule has 0 saturated carbocycles. The quantitative estimate of drug-likeness (QED) is 0.233.